The highest BCUT2D eigenvalue weighted by atomic mass is 32.2. The van der Waals surface area contributed by atoms with Gasteiger partial charge in [-0.15, -0.1) is 0 Å². The van der Waals surface area contributed by atoms with Crippen LogP contribution in [0.3, 0.4) is 0 Å². The molecule has 1 heterocycles. The van der Waals surface area contributed by atoms with Crippen molar-refractivity contribution >= 4 is 32.4 Å². The number of carbonyl (C=O) groups excluding carboxylic acids is 1. The van der Waals surface area contributed by atoms with Crippen LogP contribution in [0.4, 0.5) is 5.13 Å². The maximum absolute atomic E-state index is 12.9. The lowest BCUT2D eigenvalue weighted by atomic mass is 9.85. The van der Waals surface area contributed by atoms with Crippen LogP contribution in [0.1, 0.15) is 58.1 Å². The number of carbonyl (C=O) groups is 1. The molecular formula is C16H27N3O3S2. The van der Waals surface area contributed by atoms with Gasteiger partial charge in [0.25, 0.3) is 10.0 Å². The van der Waals surface area contributed by atoms with E-state index in [4.69, 9.17) is 0 Å². The Balaban J connectivity index is 2.13. The molecule has 1 unspecified atom stereocenters. The second-order valence-corrected chi connectivity index (χ2v) is 9.87. The molecule has 0 aromatic carbocycles. The normalized spacial score (nSPS) is 17.9. The van der Waals surface area contributed by atoms with E-state index in [1.807, 2.05) is 6.92 Å². The first kappa shape index (κ1) is 19.3. The van der Waals surface area contributed by atoms with E-state index < -0.39 is 10.0 Å². The van der Waals surface area contributed by atoms with Crippen LogP contribution in [-0.2, 0) is 14.8 Å². The van der Waals surface area contributed by atoms with Crippen molar-refractivity contribution in [2.75, 3.05) is 12.4 Å². The van der Waals surface area contributed by atoms with E-state index in [-0.39, 0.29) is 16.2 Å². The molecule has 1 aliphatic carbocycles. The van der Waals surface area contributed by atoms with E-state index in [2.05, 4.69) is 10.3 Å². The van der Waals surface area contributed by atoms with Crippen molar-refractivity contribution in [2.45, 2.75) is 69.5 Å². The Kier molecular flexibility index (Phi) is 6.39. The first-order valence-corrected chi connectivity index (χ1v) is 10.7. The van der Waals surface area contributed by atoms with Gasteiger partial charge >= 0.3 is 0 Å². The number of hydrogen-bond acceptors (Lipinski definition) is 5. The van der Waals surface area contributed by atoms with Crippen molar-refractivity contribution < 1.29 is 13.2 Å². The van der Waals surface area contributed by atoms with E-state index >= 15 is 0 Å². The first-order chi connectivity index (χ1) is 11.2. The molecule has 0 aliphatic heterocycles. The van der Waals surface area contributed by atoms with Gasteiger partial charge in [0.05, 0.1) is 5.69 Å². The van der Waals surface area contributed by atoms with E-state index in [0.717, 1.165) is 17.8 Å². The number of aromatic nitrogens is 1. The molecular weight excluding hydrogens is 346 g/mol. The van der Waals surface area contributed by atoms with E-state index in [1.54, 1.807) is 14.0 Å². The van der Waals surface area contributed by atoms with Crippen molar-refractivity contribution in [3.63, 3.8) is 0 Å². The maximum atomic E-state index is 12.9. The molecule has 0 radical (unpaired) electrons. The largest absolute Gasteiger partial charge is 0.302 e. The molecule has 2 rings (SSSR count). The summed E-state index contributed by atoms with van der Waals surface area (Å²) in [4.78, 5) is 15.3. The Bertz CT molecular complexity index is 679. The SMILES string of the molecule is CC(=O)Nc1nc(C)c(S(=O)(=O)N(C)C(C)CC2CCCCC2)s1. The van der Waals surface area contributed by atoms with Gasteiger partial charge < -0.3 is 5.32 Å². The highest BCUT2D eigenvalue weighted by Gasteiger charge is 2.31. The highest BCUT2D eigenvalue weighted by molar-refractivity contribution is 7.91. The Labute approximate surface area is 148 Å². The Morgan fingerprint density at radius 3 is 2.58 bits per heavy atom. The molecule has 8 heteroatoms. The van der Waals surface area contributed by atoms with Crippen LogP contribution < -0.4 is 5.32 Å². The highest BCUT2D eigenvalue weighted by Crippen LogP contribution is 2.33. The van der Waals surface area contributed by atoms with Gasteiger partial charge in [0.1, 0.15) is 0 Å². The molecule has 136 valence electrons. The van der Waals surface area contributed by atoms with Gasteiger partial charge in [-0.25, -0.2) is 13.4 Å². The summed E-state index contributed by atoms with van der Waals surface area (Å²) in [5, 5.41) is 2.88. The molecule has 1 aliphatic rings. The van der Waals surface area contributed by atoms with Gasteiger partial charge in [0, 0.05) is 20.0 Å². The molecule has 1 amide bonds. The van der Waals surface area contributed by atoms with Crippen molar-refractivity contribution in [2.24, 2.45) is 5.92 Å². The number of sulfonamides is 1. The number of thiazole rings is 1. The minimum atomic E-state index is -3.60. The minimum absolute atomic E-state index is 0.0520. The average Bonchev–Trinajstić information content (AvgIpc) is 2.87. The van der Waals surface area contributed by atoms with Gasteiger partial charge in [-0.3, -0.25) is 4.79 Å². The summed E-state index contributed by atoms with van der Waals surface area (Å²) in [7, 11) is -1.96. The van der Waals surface area contributed by atoms with Crippen molar-refractivity contribution in [1.82, 2.24) is 9.29 Å². The number of aryl methyl sites for hydroxylation is 1. The molecule has 0 spiro atoms. The van der Waals surface area contributed by atoms with E-state index in [0.29, 0.717) is 16.7 Å². The molecule has 1 aromatic rings. The molecule has 1 saturated carbocycles. The summed E-state index contributed by atoms with van der Waals surface area (Å²) < 4.78 is 27.5. The lowest BCUT2D eigenvalue weighted by Crippen LogP contribution is -2.36. The van der Waals surface area contributed by atoms with Gasteiger partial charge in [-0.1, -0.05) is 43.4 Å². The summed E-state index contributed by atoms with van der Waals surface area (Å²) in [5.74, 6) is 0.357. The zero-order valence-corrected chi connectivity index (χ0v) is 16.5. The monoisotopic (exact) mass is 373 g/mol. The summed E-state index contributed by atoms with van der Waals surface area (Å²) in [6, 6.07) is -0.0520. The second-order valence-electron chi connectivity index (χ2n) is 6.68. The van der Waals surface area contributed by atoms with Crippen LogP contribution in [0.2, 0.25) is 0 Å². The van der Waals surface area contributed by atoms with Crippen LogP contribution in [0.15, 0.2) is 4.21 Å². The topological polar surface area (TPSA) is 79.4 Å². The third-order valence-corrected chi connectivity index (χ3v) is 8.30. The van der Waals surface area contributed by atoms with Gasteiger partial charge in [0.15, 0.2) is 9.34 Å². The maximum Gasteiger partial charge on any atom is 0.254 e. The predicted molar refractivity (Wildman–Crippen MR) is 96.8 cm³/mol. The van der Waals surface area contributed by atoms with E-state index in [9.17, 15) is 13.2 Å². The second kappa shape index (κ2) is 7.93. The Morgan fingerprint density at radius 2 is 2.00 bits per heavy atom. The number of nitrogens with zero attached hydrogens (tertiary/aromatic N) is 2. The lowest BCUT2D eigenvalue weighted by molar-refractivity contribution is -0.114. The molecule has 24 heavy (non-hydrogen) atoms. The van der Waals surface area contributed by atoms with Crippen LogP contribution in [0, 0.1) is 12.8 Å². The number of hydrogen-bond donors (Lipinski definition) is 1. The number of nitrogens with one attached hydrogen (secondary N) is 1. The van der Waals surface area contributed by atoms with Crippen LogP contribution in [0.5, 0.6) is 0 Å². The fraction of sp³-hybridized carbons (Fsp3) is 0.750. The molecule has 0 bridgehead atoms. The molecule has 1 aromatic heterocycles. The quantitative estimate of drug-likeness (QED) is 0.829. The fourth-order valence-corrected chi connectivity index (χ4v) is 6.24. The smallest absolute Gasteiger partial charge is 0.254 e. The molecule has 1 fully saturated rings. The third-order valence-electron chi connectivity index (χ3n) is 4.67. The molecule has 1 N–H and O–H groups in total. The molecule has 0 saturated heterocycles. The minimum Gasteiger partial charge on any atom is -0.302 e. The standard InChI is InChI=1S/C16H27N3O3S2/c1-11(10-14-8-6-5-7-9-14)19(4)24(21,22)15-12(2)17-16(23-15)18-13(3)20/h11,14H,5-10H2,1-4H3,(H,17,18,20). The number of rotatable bonds is 6. The summed E-state index contributed by atoms with van der Waals surface area (Å²) >= 11 is 1.01. The van der Waals surface area contributed by atoms with Gasteiger partial charge in [-0.2, -0.15) is 4.31 Å². The zero-order chi connectivity index (χ0) is 17.9. The predicted octanol–water partition coefficient (Wildman–Crippen LogP) is 3.39. The lowest BCUT2D eigenvalue weighted by Gasteiger charge is -2.29. The van der Waals surface area contributed by atoms with Crippen LogP contribution in [0.25, 0.3) is 0 Å². The fourth-order valence-electron chi connectivity index (χ4n) is 3.25. The molecule has 1 atom stereocenters. The zero-order valence-electron chi connectivity index (χ0n) is 14.8. The Hall–Kier alpha value is -0.990. The Morgan fingerprint density at radius 1 is 1.38 bits per heavy atom. The number of amides is 1. The average molecular weight is 374 g/mol. The molecule has 6 nitrogen and oxygen atoms in total. The van der Waals surface area contributed by atoms with Crippen LogP contribution >= 0.6 is 11.3 Å². The van der Waals surface area contributed by atoms with E-state index in [1.165, 1.54) is 43.3 Å². The summed E-state index contributed by atoms with van der Waals surface area (Å²) in [5.41, 5.74) is 0.431. The van der Waals surface area contributed by atoms with Crippen molar-refractivity contribution in [1.29, 1.82) is 0 Å². The van der Waals surface area contributed by atoms with Gasteiger partial charge in [-0.05, 0) is 26.2 Å². The van der Waals surface area contributed by atoms with Gasteiger partial charge in [0.2, 0.25) is 5.91 Å². The summed E-state index contributed by atoms with van der Waals surface area (Å²) in [6.45, 7) is 5.01. The summed E-state index contributed by atoms with van der Waals surface area (Å²) in [6.07, 6.45) is 7.09. The first-order valence-electron chi connectivity index (χ1n) is 8.45. The third kappa shape index (κ3) is 4.55. The number of anilines is 1. The van der Waals surface area contributed by atoms with Crippen molar-refractivity contribution in [3.8, 4) is 0 Å². The van der Waals surface area contributed by atoms with Crippen LogP contribution in [-0.4, -0.2) is 36.7 Å². The van der Waals surface area contributed by atoms with Crippen molar-refractivity contribution in [3.05, 3.63) is 5.69 Å².